The molecule has 1 saturated heterocycles. The van der Waals surface area contributed by atoms with E-state index in [4.69, 9.17) is 4.52 Å². The van der Waals surface area contributed by atoms with E-state index < -0.39 is 0 Å². The van der Waals surface area contributed by atoms with E-state index >= 15 is 0 Å². The molecule has 0 spiro atoms. The number of carbonyl (C=O) groups is 1. The van der Waals surface area contributed by atoms with Crippen LogP contribution >= 0.6 is 0 Å². The molecule has 0 atom stereocenters. The minimum Gasteiger partial charge on any atom is -0.360 e. The first-order valence-electron chi connectivity index (χ1n) is 6.59. The Kier molecular flexibility index (Phi) is 3.46. The molecular weight excluding hydrogens is 260 g/mol. The fourth-order valence-corrected chi connectivity index (χ4v) is 2.24. The molecule has 2 aromatic rings. The van der Waals surface area contributed by atoms with Crippen LogP contribution in [0, 0.1) is 6.92 Å². The van der Waals surface area contributed by atoms with Crippen LogP contribution in [0.4, 0.5) is 5.82 Å². The number of aryl methyl sites for hydroxylation is 1. The molecule has 1 amide bonds. The molecule has 2 N–H and O–H groups in total. The van der Waals surface area contributed by atoms with Crippen molar-refractivity contribution in [3.63, 3.8) is 0 Å². The standard InChI is InChI=1S/C12H16N6O2/c1-8-6-11(16-20-8)14-12(19)10-7-18(17-15-10)9-2-4-13-5-3-9/h6-7,9,13H,2-5H2,1H3,(H,14,16,19). The van der Waals surface area contributed by atoms with Crippen molar-refractivity contribution in [1.82, 2.24) is 25.5 Å². The van der Waals surface area contributed by atoms with Crippen LogP contribution in [0.25, 0.3) is 0 Å². The van der Waals surface area contributed by atoms with Gasteiger partial charge in [-0.05, 0) is 32.9 Å². The predicted octanol–water partition coefficient (Wildman–Crippen LogP) is 0.751. The summed E-state index contributed by atoms with van der Waals surface area (Å²) in [6.07, 6.45) is 3.66. The van der Waals surface area contributed by atoms with Gasteiger partial charge in [0.05, 0.1) is 12.2 Å². The second kappa shape index (κ2) is 5.41. The Labute approximate surface area is 115 Å². The Balaban J connectivity index is 1.67. The van der Waals surface area contributed by atoms with Crippen molar-refractivity contribution in [1.29, 1.82) is 0 Å². The van der Waals surface area contributed by atoms with Crippen molar-refractivity contribution in [3.8, 4) is 0 Å². The monoisotopic (exact) mass is 276 g/mol. The van der Waals surface area contributed by atoms with E-state index in [1.807, 2.05) is 0 Å². The maximum absolute atomic E-state index is 12.0. The zero-order valence-corrected chi connectivity index (χ0v) is 11.2. The highest BCUT2D eigenvalue weighted by molar-refractivity contribution is 6.01. The van der Waals surface area contributed by atoms with Gasteiger partial charge in [-0.15, -0.1) is 5.10 Å². The fourth-order valence-electron chi connectivity index (χ4n) is 2.24. The average Bonchev–Trinajstić information content (AvgIpc) is 3.09. The van der Waals surface area contributed by atoms with E-state index in [2.05, 4.69) is 26.1 Å². The van der Waals surface area contributed by atoms with Crippen LogP contribution in [0.1, 0.15) is 35.1 Å². The van der Waals surface area contributed by atoms with Gasteiger partial charge >= 0.3 is 0 Å². The summed E-state index contributed by atoms with van der Waals surface area (Å²) in [5.41, 5.74) is 0.282. The molecule has 20 heavy (non-hydrogen) atoms. The third kappa shape index (κ3) is 2.69. The number of aromatic nitrogens is 4. The van der Waals surface area contributed by atoms with Crippen molar-refractivity contribution in [2.24, 2.45) is 0 Å². The van der Waals surface area contributed by atoms with Crippen molar-refractivity contribution in [2.45, 2.75) is 25.8 Å². The summed E-state index contributed by atoms with van der Waals surface area (Å²) in [5.74, 6) is 0.682. The molecule has 3 heterocycles. The number of amides is 1. The molecule has 0 unspecified atom stereocenters. The van der Waals surface area contributed by atoms with Crippen LogP contribution < -0.4 is 10.6 Å². The van der Waals surface area contributed by atoms with Crippen molar-refractivity contribution in [2.75, 3.05) is 18.4 Å². The number of nitrogens with one attached hydrogen (secondary N) is 2. The summed E-state index contributed by atoms with van der Waals surface area (Å²) in [5, 5.41) is 17.6. The van der Waals surface area contributed by atoms with Gasteiger partial charge in [-0.1, -0.05) is 10.4 Å². The van der Waals surface area contributed by atoms with Gasteiger partial charge in [-0.25, -0.2) is 4.68 Å². The van der Waals surface area contributed by atoms with E-state index in [1.165, 1.54) is 0 Å². The molecule has 1 aliphatic heterocycles. The second-order valence-electron chi connectivity index (χ2n) is 4.84. The lowest BCUT2D eigenvalue weighted by Crippen LogP contribution is -2.29. The molecule has 2 aromatic heterocycles. The first kappa shape index (κ1) is 12.8. The van der Waals surface area contributed by atoms with Gasteiger partial charge in [-0.3, -0.25) is 4.79 Å². The summed E-state index contributed by atoms with van der Waals surface area (Å²) < 4.78 is 6.66. The molecular formula is C12H16N6O2. The molecule has 8 heteroatoms. The molecule has 0 aliphatic carbocycles. The largest absolute Gasteiger partial charge is 0.360 e. The van der Waals surface area contributed by atoms with Crippen molar-refractivity contribution in [3.05, 3.63) is 23.7 Å². The quantitative estimate of drug-likeness (QED) is 0.858. The topological polar surface area (TPSA) is 97.9 Å². The third-order valence-corrected chi connectivity index (χ3v) is 3.30. The molecule has 1 fully saturated rings. The number of hydrogen-bond donors (Lipinski definition) is 2. The second-order valence-corrected chi connectivity index (χ2v) is 4.84. The van der Waals surface area contributed by atoms with E-state index in [9.17, 15) is 4.79 Å². The summed E-state index contributed by atoms with van der Waals surface area (Å²) in [4.78, 5) is 12.0. The number of nitrogens with zero attached hydrogens (tertiary/aromatic N) is 4. The zero-order valence-electron chi connectivity index (χ0n) is 11.2. The van der Waals surface area contributed by atoms with Crippen LogP contribution in [-0.4, -0.2) is 39.1 Å². The van der Waals surface area contributed by atoms with Crippen LogP contribution in [0.15, 0.2) is 16.8 Å². The molecule has 1 aliphatic rings. The molecule has 0 bridgehead atoms. The normalized spacial score (nSPS) is 16.2. The number of rotatable bonds is 3. The Bertz CT molecular complexity index is 599. The first-order chi connectivity index (χ1) is 9.72. The van der Waals surface area contributed by atoms with Crippen LogP contribution in [0.3, 0.4) is 0 Å². The van der Waals surface area contributed by atoms with Gasteiger partial charge in [0, 0.05) is 6.07 Å². The lowest BCUT2D eigenvalue weighted by Gasteiger charge is -2.21. The number of carbonyl (C=O) groups excluding carboxylic acids is 1. The molecule has 0 aromatic carbocycles. The van der Waals surface area contributed by atoms with Gasteiger partial charge in [0.1, 0.15) is 5.76 Å². The maximum Gasteiger partial charge on any atom is 0.279 e. The minimum atomic E-state index is -0.335. The van der Waals surface area contributed by atoms with E-state index in [0.717, 1.165) is 25.9 Å². The van der Waals surface area contributed by atoms with Crippen LogP contribution in [0.2, 0.25) is 0 Å². The lowest BCUT2D eigenvalue weighted by molar-refractivity contribution is 0.102. The number of piperidine rings is 1. The molecule has 106 valence electrons. The molecule has 8 nitrogen and oxygen atoms in total. The van der Waals surface area contributed by atoms with Gasteiger partial charge in [0.2, 0.25) is 0 Å². The van der Waals surface area contributed by atoms with Crippen LogP contribution in [-0.2, 0) is 0 Å². The Morgan fingerprint density at radius 1 is 1.50 bits per heavy atom. The smallest absolute Gasteiger partial charge is 0.279 e. The minimum absolute atomic E-state index is 0.282. The van der Waals surface area contributed by atoms with Gasteiger partial charge < -0.3 is 15.2 Å². The summed E-state index contributed by atoms with van der Waals surface area (Å²) in [7, 11) is 0. The first-order valence-corrected chi connectivity index (χ1v) is 6.59. The average molecular weight is 276 g/mol. The number of hydrogen-bond acceptors (Lipinski definition) is 6. The molecule has 0 saturated carbocycles. The van der Waals surface area contributed by atoms with Gasteiger partial charge in [-0.2, -0.15) is 0 Å². The Hall–Kier alpha value is -2.22. The van der Waals surface area contributed by atoms with Gasteiger partial charge in [0.15, 0.2) is 11.5 Å². The Morgan fingerprint density at radius 2 is 2.30 bits per heavy atom. The van der Waals surface area contributed by atoms with Crippen molar-refractivity contribution < 1.29 is 9.32 Å². The lowest BCUT2D eigenvalue weighted by atomic mass is 10.1. The van der Waals surface area contributed by atoms with E-state index in [-0.39, 0.29) is 11.6 Å². The molecule has 3 rings (SSSR count). The van der Waals surface area contributed by atoms with E-state index in [0.29, 0.717) is 17.6 Å². The SMILES string of the molecule is Cc1cc(NC(=O)c2cn(C3CCNCC3)nn2)no1. The van der Waals surface area contributed by atoms with E-state index in [1.54, 1.807) is 23.9 Å². The maximum atomic E-state index is 12.0. The summed E-state index contributed by atoms with van der Waals surface area (Å²) in [6.45, 7) is 3.69. The van der Waals surface area contributed by atoms with Crippen molar-refractivity contribution >= 4 is 11.7 Å². The summed E-state index contributed by atoms with van der Waals surface area (Å²) >= 11 is 0. The summed E-state index contributed by atoms with van der Waals surface area (Å²) in [6, 6.07) is 1.95. The number of anilines is 1. The van der Waals surface area contributed by atoms with Gasteiger partial charge in [0.25, 0.3) is 5.91 Å². The highest BCUT2D eigenvalue weighted by Crippen LogP contribution is 2.17. The van der Waals surface area contributed by atoms with Crippen LogP contribution in [0.5, 0.6) is 0 Å². The zero-order chi connectivity index (χ0) is 13.9. The highest BCUT2D eigenvalue weighted by Gasteiger charge is 2.19. The molecule has 0 radical (unpaired) electrons. The highest BCUT2D eigenvalue weighted by atomic mass is 16.5. The predicted molar refractivity (Wildman–Crippen MR) is 70.4 cm³/mol. The fraction of sp³-hybridized carbons (Fsp3) is 0.500. The Morgan fingerprint density at radius 3 is 3.00 bits per heavy atom. The third-order valence-electron chi connectivity index (χ3n) is 3.30.